The van der Waals surface area contributed by atoms with Crippen LogP contribution < -0.4 is 4.74 Å². The van der Waals surface area contributed by atoms with Crippen LogP contribution in [0.15, 0.2) is 47.4 Å². The highest BCUT2D eigenvalue weighted by atomic mass is 35.5. The average Bonchev–Trinajstić information content (AvgIpc) is 2.88. The number of hydrogen-bond donors (Lipinski definition) is 1. The van der Waals surface area contributed by atoms with Crippen LogP contribution in [-0.4, -0.2) is 17.0 Å². The zero-order valence-corrected chi connectivity index (χ0v) is 13.3. The molecule has 2 aromatic rings. The van der Waals surface area contributed by atoms with Crippen LogP contribution in [0.3, 0.4) is 0 Å². The number of rotatable bonds is 4. The van der Waals surface area contributed by atoms with E-state index in [2.05, 4.69) is 24.3 Å². The van der Waals surface area contributed by atoms with Crippen LogP contribution in [0.4, 0.5) is 0 Å². The zero-order chi connectivity index (χ0) is 14.8. The van der Waals surface area contributed by atoms with Crippen molar-refractivity contribution < 1.29 is 9.84 Å². The van der Waals surface area contributed by atoms with E-state index in [-0.39, 0.29) is 0 Å². The molecule has 2 atom stereocenters. The molecule has 1 N–H and O–H groups in total. The van der Waals surface area contributed by atoms with Crippen molar-refractivity contribution in [2.75, 3.05) is 6.61 Å². The molecular formula is C17H17ClO2S. The van der Waals surface area contributed by atoms with Gasteiger partial charge in [0.1, 0.15) is 12.4 Å². The highest BCUT2D eigenvalue weighted by Crippen LogP contribution is 2.37. The second-order valence-electron chi connectivity index (χ2n) is 5.23. The van der Waals surface area contributed by atoms with Gasteiger partial charge in [-0.1, -0.05) is 35.9 Å². The summed E-state index contributed by atoms with van der Waals surface area (Å²) in [6.07, 6.45) is 0.515. The Hall–Kier alpha value is -1.16. The van der Waals surface area contributed by atoms with Gasteiger partial charge in [-0.3, -0.25) is 0 Å². The molecular weight excluding hydrogens is 304 g/mol. The predicted molar refractivity (Wildman–Crippen MR) is 87.4 cm³/mol. The van der Waals surface area contributed by atoms with Gasteiger partial charge in [0.2, 0.25) is 0 Å². The second-order valence-corrected chi connectivity index (χ2v) is 6.98. The first-order valence-corrected chi connectivity index (χ1v) is 8.24. The molecule has 0 aromatic heterocycles. The first kappa shape index (κ1) is 14.8. The summed E-state index contributed by atoms with van der Waals surface area (Å²) in [6, 6.07) is 13.9. The van der Waals surface area contributed by atoms with Crippen LogP contribution in [-0.2, 0) is 6.42 Å². The molecule has 1 aliphatic rings. The van der Waals surface area contributed by atoms with Gasteiger partial charge in [0.05, 0.1) is 11.1 Å². The molecule has 2 aromatic carbocycles. The summed E-state index contributed by atoms with van der Waals surface area (Å²) < 4.78 is 5.85. The quantitative estimate of drug-likeness (QED) is 0.900. The van der Waals surface area contributed by atoms with Gasteiger partial charge in [-0.05, 0) is 42.7 Å². The fourth-order valence-electron chi connectivity index (χ4n) is 2.42. The third-order valence-electron chi connectivity index (χ3n) is 3.58. The number of ether oxygens (including phenoxy) is 1. The van der Waals surface area contributed by atoms with Crippen molar-refractivity contribution >= 4 is 23.4 Å². The van der Waals surface area contributed by atoms with Crippen molar-refractivity contribution in [2.24, 2.45) is 0 Å². The maximum atomic E-state index is 9.54. The van der Waals surface area contributed by atoms with Crippen LogP contribution in [0.25, 0.3) is 0 Å². The van der Waals surface area contributed by atoms with E-state index in [0.29, 0.717) is 22.6 Å². The van der Waals surface area contributed by atoms with Gasteiger partial charge in [-0.15, -0.1) is 11.8 Å². The minimum absolute atomic E-state index is 0.426. The van der Waals surface area contributed by atoms with Crippen LogP contribution in [0.5, 0.6) is 5.75 Å². The highest BCUT2D eigenvalue weighted by molar-refractivity contribution is 8.00. The average molecular weight is 321 g/mol. The second kappa shape index (κ2) is 6.30. The van der Waals surface area contributed by atoms with Crippen LogP contribution >= 0.6 is 23.4 Å². The van der Waals surface area contributed by atoms with Crippen molar-refractivity contribution in [1.29, 1.82) is 0 Å². The molecule has 1 heterocycles. The van der Waals surface area contributed by atoms with Crippen LogP contribution in [0.1, 0.15) is 24.2 Å². The van der Waals surface area contributed by atoms with E-state index in [1.807, 2.05) is 23.9 Å². The minimum atomic E-state index is -0.517. The van der Waals surface area contributed by atoms with E-state index in [9.17, 15) is 5.11 Å². The molecule has 2 nitrogen and oxygen atoms in total. The molecule has 110 valence electrons. The Labute approximate surface area is 134 Å². The Morgan fingerprint density at radius 3 is 2.86 bits per heavy atom. The fraction of sp³-hybridized carbons (Fsp3) is 0.294. The molecule has 0 radical (unpaired) electrons. The van der Waals surface area contributed by atoms with Gasteiger partial charge in [0.25, 0.3) is 0 Å². The molecule has 0 bridgehead atoms. The molecule has 4 heteroatoms. The zero-order valence-electron chi connectivity index (χ0n) is 11.8. The van der Waals surface area contributed by atoms with Gasteiger partial charge < -0.3 is 9.84 Å². The topological polar surface area (TPSA) is 29.5 Å². The molecule has 0 saturated heterocycles. The lowest BCUT2D eigenvalue weighted by atomic mass is 10.1. The Kier molecular flexibility index (Phi) is 4.43. The number of thioether (sulfide) groups is 1. The number of hydrogen-bond acceptors (Lipinski definition) is 3. The number of aliphatic hydroxyl groups is 1. The van der Waals surface area contributed by atoms with E-state index in [1.165, 1.54) is 10.5 Å². The van der Waals surface area contributed by atoms with Gasteiger partial charge in [0, 0.05) is 10.1 Å². The third-order valence-corrected chi connectivity index (χ3v) is 5.16. The van der Waals surface area contributed by atoms with Crippen LogP contribution in [0.2, 0.25) is 5.02 Å². The Balaban J connectivity index is 1.62. The van der Waals surface area contributed by atoms with Gasteiger partial charge >= 0.3 is 0 Å². The number of halogens is 1. The van der Waals surface area contributed by atoms with Gasteiger partial charge in [-0.2, -0.15) is 0 Å². The van der Waals surface area contributed by atoms with Gasteiger partial charge in [-0.25, -0.2) is 0 Å². The first-order chi connectivity index (χ1) is 10.1. The maximum absolute atomic E-state index is 9.54. The lowest BCUT2D eigenvalue weighted by Crippen LogP contribution is -2.13. The molecule has 0 spiro atoms. The Morgan fingerprint density at radius 2 is 2.14 bits per heavy atom. The van der Waals surface area contributed by atoms with Crippen molar-refractivity contribution in [3.63, 3.8) is 0 Å². The summed E-state index contributed by atoms with van der Waals surface area (Å²) in [7, 11) is 0. The fourth-order valence-corrected chi connectivity index (χ4v) is 3.89. The number of benzene rings is 2. The van der Waals surface area contributed by atoms with Crippen molar-refractivity contribution in [1.82, 2.24) is 0 Å². The van der Waals surface area contributed by atoms with Crippen molar-refractivity contribution in [2.45, 2.75) is 29.6 Å². The molecule has 1 aliphatic heterocycles. The molecule has 3 rings (SSSR count). The summed E-state index contributed by atoms with van der Waals surface area (Å²) >= 11 is 8.07. The van der Waals surface area contributed by atoms with Crippen LogP contribution in [0, 0.1) is 0 Å². The summed E-state index contributed by atoms with van der Waals surface area (Å²) in [5.74, 6) is 0.678. The smallest absolute Gasteiger partial charge is 0.137 e. The van der Waals surface area contributed by atoms with Gasteiger partial charge in [0.15, 0.2) is 0 Å². The van der Waals surface area contributed by atoms with E-state index >= 15 is 0 Å². The Bertz CT molecular complexity index is 617. The monoisotopic (exact) mass is 320 g/mol. The van der Waals surface area contributed by atoms with E-state index in [4.69, 9.17) is 16.3 Å². The minimum Gasteiger partial charge on any atom is -0.491 e. The first-order valence-electron chi connectivity index (χ1n) is 6.98. The lowest BCUT2D eigenvalue weighted by molar-refractivity contribution is 0.199. The molecule has 0 amide bonds. The molecule has 0 saturated carbocycles. The standard InChI is InChI=1S/C17H17ClO2S/c1-11(19)12-6-7-16(15(18)9-12)20-10-14-8-13-4-2-3-5-17(13)21-14/h2-7,9,11,14,19H,8,10H2,1H3. The van der Waals surface area contributed by atoms with E-state index in [1.54, 1.807) is 13.0 Å². The van der Waals surface area contributed by atoms with E-state index < -0.39 is 6.10 Å². The summed E-state index contributed by atoms with van der Waals surface area (Å²) in [5.41, 5.74) is 2.20. The molecule has 21 heavy (non-hydrogen) atoms. The highest BCUT2D eigenvalue weighted by Gasteiger charge is 2.22. The SMILES string of the molecule is CC(O)c1ccc(OCC2Cc3ccccc3S2)c(Cl)c1. The van der Waals surface area contributed by atoms with Crippen molar-refractivity contribution in [3.05, 3.63) is 58.6 Å². The summed E-state index contributed by atoms with van der Waals surface area (Å²) in [6.45, 7) is 2.35. The molecule has 2 unspecified atom stereocenters. The molecule has 0 aliphatic carbocycles. The molecule has 0 fully saturated rings. The third kappa shape index (κ3) is 3.37. The maximum Gasteiger partial charge on any atom is 0.137 e. The van der Waals surface area contributed by atoms with Crippen molar-refractivity contribution in [3.8, 4) is 5.75 Å². The normalized spacial score (nSPS) is 18.3. The Morgan fingerprint density at radius 1 is 1.33 bits per heavy atom. The number of fused-ring (bicyclic) bond motifs is 1. The van der Waals surface area contributed by atoms with E-state index in [0.717, 1.165) is 12.0 Å². The summed E-state index contributed by atoms with van der Waals surface area (Å²) in [4.78, 5) is 1.35. The predicted octanol–water partition coefficient (Wildman–Crippen LogP) is 4.49. The lowest BCUT2D eigenvalue weighted by Gasteiger charge is -2.13. The number of aliphatic hydroxyl groups excluding tert-OH is 1. The largest absolute Gasteiger partial charge is 0.491 e. The summed E-state index contributed by atoms with van der Waals surface area (Å²) in [5, 5.41) is 10.5.